The minimum absolute atomic E-state index is 0.0669. The second-order valence-corrected chi connectivity index (χ2v) is 7.10. The largest absolute Gasteiger partial charge is 0.475 e. The van der Waals surface area contributed by atoms with Crippen LogP contribution in [0.25, 0.3) is 0 Å². The summed E-state index contributed by atoms with van der Waals surface area (Å²) in [6.45, 7) is 5.36. The molecule has 0 radical (unpaired) electrons. The van der Waals surface area contributed by atoms with Crippen LogP contribution in [0, 0.1) is 6.92 Å². The highest BCUT2D eigenvalue weighted by Gasteiger charge is 2.31. The van der Waals surface area contributed by atoms with Gasteiger partial charge in [-0.25, -0.2) is 18.2 Å². The third kappa shape index (κ3) is 3.28. The fourth-order valence-electron chi connectivity index (χ4n) is 2.63. The first kappa shape index (κ1) is 16.0. The second-order valence-electron chi connectivity index (χ2n) is 5.47. The first-order chi connectivity index (χ1) is 9.72. The standard InChI is InChI=1S/C13H20N2O5S/c1-8-5-4-6-9(2)15(8)14-21(18,19)12-7-11(13(16)17)20-10(12)3/h7-9,14H,4-6H2,1-3H3,(H,16,17). The molecule has 2 unspecified atom stereocenters. The number of carboxylic acid groups (broad SMARTS) is 1. The van der Waals surface area contributed by atoms with E-state index in [1.54, 1.807) is 5.01 Å². The van der Waals surface area contributed by atoms with Crippen molar-refractivity contribution >= 4 is 16.0 Å². The van der Waals surface area contributed by atoms with E-state index in [1.165, 1.54) is 6.92 Å². The Balaban J connectivity index is 2.28. The molecule has 1 aliphatic rings. The average molecular weight is 316 g/mol. The maximum Gasteiger partial charge on any atom is 0.371 e. The van der Waals surface area contributed by atoms with Crippen molar-refractivity contribution in [1.82, 2.24) is 9.84 Å². The van der Waals surface area contributed by atoms with Crippen LogP contribution in [0.1, 0.15) is 49.4 Å². The highest BCUT2D eigenvalue weighted by molar-refractivity contribution is 7.89. The molecule has 7 nitrogen and oxygen atoms in total. The molecule has 2 atom stereocenters. The Morgan fingerprint density at radius 2 is 1.95 bits per heavy atom. The van der Waals surface area contributed by atoms with E-state index < -0.39 is 16.0 Å². The topological polar surface area (TPSA) is 99.8 Å². The van der Waals surface area contributed by atoms with Gasteiger partial charge in [0.05, 0.1) is 0 Å². The Morgan fingerprint density at radius 3 is 2.43 bits per heavy atom. The number of nitrogens with zero attached hydrogens (tertiary/aromatic N) is 1. The minimum atomic E-state index is -3.85. The molecule has 0 spiro atoms. The predicted molar refractivity (Wildman–Crippen MR) is 75.3 cm³/mol. The molecule has 1 fully saturated rings. The maximum absolute atomic E-state index is 12.4. The Hall–Kier alpha value is -1.38. The highest BCUT2D eigenvalue weighted by Crippen LogP contribution is 2.24. The third-order valence-corrected chi connectivity index (χ3v) is 5.23. The van der Waals surface area contributed by atoms with E-state index in [1.807, 2.05) is 13.8 Å². The van der Waals surface area contributed by atoms with Crippen molar-refractivity contribution in [2.75, 3.05) is 0 Å². The molecular weight excluding hydrogens is 296 g/mol. The number of rotatable bonds is 4. The zero-order valence-electron chi connectivity index (χ0n) is 12.3. The maximum atomic E-state index is 12.4. The molecule has 21 heavy (non-hydrogen) atoms. The summed E-state index contributed by atoms with van der Waals surface area (Å²) in [7, 11) is -3.85. The number of hydrogen-bond acceptors (Lipinski definition) is 5. The number of sulfonamides is 1. The highest BCUT2D eigenvalue weighted by atomic mass is 32.2. The van der Waals surface area contributed by atoms with Crippen LogP contribution in [0.15, 0.2) is 15.4 Å². The van der Waals surface area contributed by atoms with Crippen molar-refractivity contribution in [2.45, 2.75) is 57.0 Å². The summed E-state index contributed by atoms with van der Waals surface area (Å²) >= 11 is 0. The zero-order chi connectivity index (χ0) is 15.8. The first-order valence-corrected chi connectivity index (χ1v) is 8.35. The van der Waals surface area contributed by atoms with Crippen LogP contribution in [-0.4, -0.2) is 36.6 Å². The first-order valence-electron chi connectivity index (χ1n) is 6.87. The molecule has 8 heteroatoms. The molecule has 1 aliphatic heterocycles. The van der Waals surface area contributed by atoms with Crippen LogP contribution in [0.3, 0.4) is 0 Å². The van der Waals surface area contributed by atoms with Gasteiger partial charge in [-0.2, -0.15) is 0 Å². The number of nitrogens with one attached hydrogen (secondary N) is 1. The molecule has 0 amide bonds. The molecule has 1 aromatic heterocycles. The molecule has 2 N–H and O–H groups in total. The number of hydrazine groups is 1. The normalized spacial score (nSPS) is 24.1. The quantitative estimate of drug-likeness (QED) is 0.877. The molecular formula is C13H20N2O5S. The Bertz CT molecular complexity index is 627. The number of furan rings is 1. The lowest BCUT2D eigenvalue weighted by atomic mass is 10.0. The number of hydrogen-bond donors (Lipinski definition) is 2. The Kier molecular flexibility index (Phi) is 4.40. The van der Waals surface area contributed by atoms with E-state index in [0.717, 1.165) is 25.3 Å². The van der Waals surface area contributed by atoms with E-state index in [4.69, 9.17) is 9.52 Å². The second kappa shape index (κ2) is 5.78. The van der Waals surface area contributed by atoms with Gasteiger partial charge in [0.1, 0.15) is 10.7 Å². The zero-order valence-corrected chi connectivity index (χ0v) is 13.1. The number of carboxylic acids is 1. The molecule has 2 rings (SSSR count). The molecule has 118 valence electrons. The van der Waals surface area contributed by atoms with Gasteiger partial charge in [0.15, 0.2) is 0 Å². The lowest BCUT2D eigenvalue weighted by molar-refractivity contribution is 0.0661. The molecule has 0 bridgehead atoms. The van der Waals surface area contributed by atoms with Crippen molar-refractivity contribution in [3.05, 3.63) is 17.6 Å². The van der Waals surface area contributed by atoms with E-state index in [0.29, 0.717) is 0 Å². The summed E-state index contributed by atoms with van der Waals surface area (Å²) in [5.41, 5.74) is 0. The van der Waals surface area contributed by atoms with Crippen LogP contribution in [-0.2, 0) is 10.0 Å². The van der Waals surface area contributed by atoms with E-state index in [9.17, 15) is 13.2 Å². The molecule has 0 aromatic carbocycles. The minimum Gasteiger partial charge on any atom is -0.475 e. The lowest BCUT2D eigenvalue weighted by Gasteiger charge is -2.38. The fraction of sp³-hybridized carbons (Fsp3) is 0.615. The molecule has 0 saturated carbocycles. The van der Waals surface area contributed by atoms with E-state index in [2.05, 4.69) is 4.83 Å². The van der Waals surface area contributed by atoms with Crippen LogP contribution in [0.4, 0.5) is 0 Å². The molecule has 2 heterocycles. The average Bonchev–Trinajstić information content (AvgIpc) is 2.77. The molecule has 1 saturated heterocycles. The van der Waals surface area contributed by atoms with Crippen molar-refractivity contribution < 1.29 is 22.7 Å². The van der Waals surface area contributed by atoms with Gasteiger partial charge in [0, 0.05) is 18.2 Å². The third-order valence-electron chi connectivity index (χ3n) is 3.79. The summed E-state index contributed by atoms with van der Waals surface area (Å²) in [5.74, 6) is -1.61. The smallest absolute Gasteiger partial charge is 0.371 e. The van der Waals surface area contributed by atoms with Gasteiger partial charge in [0.2, 0.25) is 5.76 Å². The fourth-order valence-corrected chi connectivity index (χ4v) is 4.04. The summed E-state index contributed by atoms with van der Waals surface area (Å²) in [5, 5.41) is 10.6. The number of aryl methyl sites for hydroxylation is 1. The number of carbonyl (C=O) groups is 1. The van der Waals surface area contributed by atoms with Gasteiger partial charge < -0.3 is 9.52 Å². The van der Waals surface area contributed by atoms with Gasteiger partial charge >= 0.3 is 5.97 Å². The van der Waals surface area contributed by atoms with E-state index in [-0.39, 0.29) is 28.5 Å². The van der Waals surface area contributed by atoms with Crippen LogP contribution in [0.2, 0.25) is 0 Å². The summed E-state index contributed by atoms with van der Waals surface area (Å²) in [4.78, 5) is 13.3. The van der Waals surface area contributed by atoms with Crippen LogP contribution in [0.5, 0.6) is 0 Å². The van der Waals surface area contributed by atoms with Crippen LogP contribution < -0.4 is 4.83 Å². The SMILES string of the molecule is Cc1oc(C(=O)O)cc1S(=O)(=O)NN1C(C)CCCC1C. The van der Waals surface area contributed by atoms with Gasteiger partial charge in [-0.3, -0.25) is 0 Å². The number of piperidine rings is 1. The van der Waals surface area contributed by atoms with Gasteiger partial charge in [-0.1, -0.05) is 6.42 Å². The van der Waals surface area contributed by atoms with Gasteiger partial charge in [-0.15, -0.1) is 4.83 Å². The monoisotopic (exact) mass is 316 g/mol. The Labute approximate surface area is 124 Å². The van der Waals surface area contributed by atoms with Crippen molar-refractivity contribution in [2.24, 2.45) is 0 Å². The molecule has 0 aliphatic carbocycles. The van der Waals surface area contributed by atoms with Gasteiger partial charge in [-0.05, 0) is 33.6 Å². The van der Waals surface area contributed by atoms with E-state index >= 15 is 0 Å². The lowest BCUT2D eigenvalue weighted by Crippen LogP contribution is -2.53. The summed E-state index contributed by atoms with van der Waals surface area (Å²) in [6, 6.07) is 1.23. The predicted octanol–water partition coefficient (Wildman–Crippen LogP) is 1.74. The van der Waals surface area contributed by atoms with Crippen molar-refractivity contribution in [3.63, 3.8) is 0 Å². The summed E-state index contributed by atoms with van der Waals surface area (Å²) in [6.07, 6.45) is 2.89. The Morgan fingerprint density at radius 1 is 1.38 bits per heavy atom. The van der Waals surface area contributed by atoms with Crippen LogP contribution >= 0.6 is 0 Å². The van der Waals surface area contributed by atoms with Crippen molar-refractivity contribution in [1.29, 1.82) is 0 Å². The molecule has 1 aromatic rings. The summed E-state index contributed by atoms with van der Waals surface area (Å²) < 4.78 is 29.9. The van der Waals surface area contributed by atoms with Gasteiger partial charge in [0.25, 0.3) is 10.0 Å². The van der Waals surface area contributed by atoms with Crippen molar-refractivity contribution in [3.8, 4) is 0 Å². The number of aromatic carboxylic acids is 1.